The molecule has 0 aromatic rings. The molecule has 0 unspecified atom stereocenters. The Balaban J connectivity index is 4.09. The van der Waals surface area contributed by atoms with E-state index in [-0.39, 0.29) is 12.3 Å². The Morgan fingerprint density at radius 3 is 1.13 bits per heavy atom. The van der Waals surface area contributed by atoms with E-state index in [0.717, 1.165) is 38.8 Å². The third-order valence-electron chi connectivity index (χ3n) is 9.32. The van der Waals surface area contributed by atoms with Gasteiger partial charge in [0.25, 0.3) is 0 Å². The number of carboxylic acid groups (broad SMARTS) is 1. The Hall–Kier alpha value is -1.62. The van der Waals surface area contributed by atoms with Crippen molar-refractivity contribution < 1.29 is 14.7 Å². The van der Waals surface area contributed by atoms with Gasteiger partial charge < -0.3 is 10.8 Å². The van der Waals surface area contributed by atoms with Crippen LogP contribution in [0.2, 0.25) is 0 Å². The molecule has 0 rings (SSSR count). The number of rotatable bonds is 37. The maximum Gasteiger partial charge on any atom is 0.303 e. The molecule has 0 radical (unpaired) electrons. The van der Waals surface area contributed by atoms with Crippen molar-refractivity contribution in [1.82, 2.24) is 4.90 Å². The summed E-state index contributed by atoms with van der Waals surface area (Å²) < 4.78 is 0. The molecule has 1 atom stereocenters. The largest absolute Gasteiger partial charge is 0.481 e. The van der Waals surface area contributed by atoms with Crippen molar-refractivity contribution in [1.29, 1.82) is 0 Å². The van der Waals surface area contributed by atoms with Crippen LogP contribution in [-0.2, 0) is 9.59 Å². The summed E-state index contributed by atoms with van der Waals surface area (Å²) in [7, 11) is 0. The lowest BCUT2D eigenvalue weighted by molar-refractivity contribution is -0.137. The van der Waals surface area contributed by atoms with Crippen LogP contribution in [0, 0.1) is 0 Å². The quantitative estimate of drug-likeness (QED) is 0.0519. The number of nitrogens with two attached hydrogens (primary N) is 1. The van der Waals surface area contributed by atoms with Crippen molar-refractivity contribution in [3.8, 4) is 0 Å². The first-order valence-electron chi connectivity index (χ1n) is 20.1. The number of primary amides is 1. The highest BCUT2D eigenvalue weighted by atomic mass is 16.4. The van der Waals surface area contributed by atoms with Gasteiger partial charge in [-0.3, -0.25) is 14.5 Å². The van der Waals surface area contributed by atoms with E-state index in [0.29, 0.717) is 6.42 Å². The fourth-order valence-electron chi connectivity index (χ4n) is 6.31. The lowest BCUT2D eigenvalue weighted by Crippen LogP contribution is -2.46. The molecule has 0 saturated heterocycles. The summed E-state index contributed by atoms with van der Waals surface area (Å²) >= 11 is 0. The van der Waals surface area contributed by atoms with Gasteiger partial charge in [-0.25, -0.2) is 0 Å². The molecule has 0 saturated carbocycles. The summed E-state index contributed by atoms with van der Waals surface area (Å²) in [6.07, 6.45) is 45.5. The van der Waals surface area contributed by atoms with E-state index >= 15 is 0 Å². The SMILES string of the molecule is CCCCCCCC/C=C\CCCCCCCCN(CCCCCCCC/C=C\CCCCCCCC)[C@@H](CCC(=O)O)C(N)=O. The number of allylic oxidation sites excluding steroid dienone is 4. The molecule has 0 aliphatic rings. The number of carboxylic acids is 1. The van der Waals surface area contributed by atoms with Crippen molar-refractivity contribution in [2.75, 3.05) is 13.1 Å². The number of nitrogens with zero attached hydrogens (tertiary/aromatic N) is 1. The topological polar surface area (TPSA) is 83.6 Å². The number of amides is 1. The predicted molar refractivity (Wildman–Crippen MR) is 200 cm³/mol. The van der Waals surface area contributed by atoms with Crippen molar-refractivity contribution in [2.24, 2.45) is 5.73 Å². The van der Waals surface area contributed by atoms with Gasteiger partial charge in [0.2, 0.25) is 5.91 Å². The van der Waals surface area contributed by atoms with Crippen LogP contribution in [0.3, 0.4) is 0 Å². The summed E-state index contributed by atoms with van der Waals surface area (Å²) in [5, 5.41) is 9.20. The average molecular weight is 647 g/mol. The molecule has 0 fully saturated rings. The minimum atomic E-state index is -0.860. The van der Waals surface area contributed by atoms with E-state index < -0.39 is 12.0 Å². The molecule has 0 aromatic heterocycles. The van der Waals surface area contributed by atoms with E-state index in [1.807, 2.05) is 0 Å². The Kier molecular flexibility index (Phi) is 34.9. The third kappa shape index (κ3) is 32.3. The lowest BCUT2D eigenvalue weighted by Gasteiger charge is -2.29. The van der Waals surface area contributed by atoms with E-state index in [9.17, 15) is 14.7 Å². The molecule has 46 heavy (non-hydrogen) atoms. The van der Waals surface area contributed by atoms with Crippen LogP contribution >= 0.6 is 0 Å². The first-order valence-corrected chi connectivity index (χ1v) is 20.1. The first kappa shape index (κ1) is 44.4. The van der Waals surface area contributed by atoms with Crippen LogP contribution in [0.1, 0.15) is 206 Å². The summed E-state index contributed by atoms with van der Waals surface area (Å²) in [4.78, 5) is 25.7. The predicted octanol–water partition coefficient (Wildman–Crippen LogP) is 12.1. The monoisotopic (exact) mass is 647 g/mol. The van der Waals surface area contributed by atoms with Crippen LogP contribution in [0.25, 0.3) is 0 Å². The van der Waals surface area contributed by atoms with Gasteiger partial charge in [0.05, 0.1) is 6.04 Å². The first-order chi connectivity index (χ1) is 22.5. The third-order valence-corrected chi connectivity index (χ3v) is 9.32. The minimum Gasteiger partial charge on any atom is -0.481 e. The fraction of sp³-hybridized carbons (Fsp3) is 0.854. The number of carbonyl (C=O) groups excluding carboxylic acids is 1. The molecular formula is C41H78N2O3. The second-order valence-corrected chi connectivity index (χ2v) is 13.8. The summed E-state index contributed by atoms with van der Waals surface area (Å²) in [6.45, 7) is 6.21. The van der Waals surface area contributed by atoms with Crippen LogP contribution in [-0.4, -0.2) is 41.0 Å². The molecule has 0 aliphatic heterocycles. The minimum absolute atomic E-state index is 0.00901. The number of carbonyl (C=O) groups is 2. The van der Waals surface area contributed by atoms with E-state index in [4.69, 9.17) is 5.73 Å². The zero-order valence-corrected chi connectivity index (χ0v) is 30.8. The summed E-state index contributed by atoms with van der Waals surface area (Å²) in [5.74, 6) is -1.24. The van der Waals surface area contributed by atoms with Crippen LogP contribution < -0.4 is 5.73 Å². The Morgan fingerprint density at radius 1 is 0.522 bits per heavy atom. The van der Waals surface area contributed by atoms with E-state index in [2.05, 4.69) is 43.1 Å². The fourth-order valence-corrected chi connectivity index (χ4v) is 6.31. The van der Waals surface area contributed by atoms with Gasteiger partial charge in [0, 0.05) is 6.42 Å². The Labute approximate surface area is 286 Å². The molecule has 0 heterocycles. The Bertz CT molecular complexity index is 678. The standard InChI is InChI=1S/C41H78N2O3/c1-3-5-7-9-11-13-15-17-19-21-23-25-27-29-31-33-37-43(39(41(42)46)35-36-40(44)45)38-34-32-30-28-26-24-22-20-18-16-14-12-10-8-6-4-2/h17-20,39H,3-16,21-38H2,1-2H3,(H2,42,46)(H,44,45)/b19-17-,20-18-/t39-/m0/s1. The highest BCUT2D eigenvalue weighted by Crippen LogP contribution is 2.16. The average Bonchev–Trinajstić information content (AvgIpc) is 3.03. The number of aliphatic carboxylic acids is 1. The van der Waals surface area contributed by atoms with Crippen molar-refractivity contribution in [2.45, 2.75) is 213 Å². The van der Waals surface area contributed by atoms with E-state index in [1.165, 1.54) is 154 Å². The number of hydrogen-bond acceptors (Lipinski definition) is 3. The maximum absolute atomic E-state index is 12.3. The molecule has 0 aromatic carbocycles. The van der Waals surface area contributed by atoms with Crippen molar-refractivity contribution in [3.05, 3.63) is 24.3 Å². The maximum atomic E-state index is 12.3. The molecule has 1 amide bonds. The summed E-state index contributed by atoms with van der Waals surface area (Å²) in [6, 6.07) is -0.470. The second kappa shape index (κ2) is 36.2. The van der Waals surface area contributed by atoms with E-state index in [1.54, 1.807) is 0 Å². The Morgan fingerprint density at radius 2 is 0.826 bits per heavy atom. The smallest absolute Gasteiger partial charge is 0.303 e. The van der Waals surface area contributed by atoms with Crippen molar-refractivity contribution in [3.63, 3.8) is 0 Å². The zero-order chi connectivity index (χ0) is 33.8. The molecule has 5 heteroatoms. The van der Waals surface area contributed by atoms with Crippen molar-refractivity contribution >= 4 is 11.9 Å². The van der Waals surface area contributed by atoms with Gasteiger partial charge >= 0.3 is 5.97 Å². The molecular weight excluding hydrogens is 568 g/mol. The lowest BCUT2D eigenvalue weighted by atomic mass is 10.0. The van der Waals surface area contributed by atoms with Crippen LogP contribution in [0.4, 0.5) is 0 Å². The molecule has 270 valence electrons. The van der Waals surface area contributed by atoms with Gasteiger partial charge in [-0.2, -0.15) is 0 Å². The molecule has 0 bridgehead atoms. The highest BCUT2D eigenvalue weighted by molar-refractivity contribution is 5.80. The van der Waals surface area contributed by atoms with Crippen LogP contribution in [0.15, 0.2) is 24.3 Å². The number of unbranched alkanes of at least 4 members (excludes halogenated alkanes) is 24. The van der Waals surface area contributed by atoms with Gasteiger partial charge in [-0.1, -0.05) is 154 Å². The molecule has 0 aliphatic carbocycles. The zero-order valence-electron chi connectivity index (χ0n) is 30.8. The molecule has 3 N–H and O–H groups in total. The normalized spacial score (nSPS) is 12.6. The second-order valence-electron chi connectivity index (χ2n) is 13.8. The molecule has 5 nitrogen and oxygen atoms in total. The van der Waals surface area contributed by atoms with Gasteiger partial charge in [-0.05, 0) is 83.7 Å². The number of hydrogen-bond donors (Lipinski definition) is 2. The molecule has 0 spiro atoms. The highest BCUT2D eigenvalue weighted by Gasteiger charge is 2.24. The van der Waals surface area contributed by atoms with Gasteiger partial charge in [-0.15, -0.1) is 0 Å². The summed E-state index contributed by atoms with van der Waals surface area (Å²) in [5.41, 5.74) is 5.76. The van der Waals surface area contributed by atoms with Crippen LogP contribution in [0.5, 0.6) is 0 Å². The van der Waals surface area contributed by atoms with Gasteiger partial charge in [0.15, 0.2) is 0 Å². The van der Waals surface area contributed by atoms with Gasteiger partial charge in [0.1, 0.15) is 0 Å².